The van der Waals surface area contributed by atoms with Crippen molar-refractivity contribution in [1.29, 1.82) is 0 Å². The lowest BCUT2D eigenvalue weighted by molar-refractivity contribution is -0.137. The average Bonchev–Trinajstić information content (AvgIpc) is 4.23. The van der Waals surface area contributed by atoms with Crippen molar-refractivity contribution >= 4 is 51.3 Å². The fraction of sp³-hybridized carbons (Fsp3) is 0.558. The molecule has 1 aliphatic carbocycles. The zero-order chi connectivity index (χ0) is 47.3. The van der Waals surface area contributed by atoms with Crippen LogP contribution in [0.3, 0.4) is 0 Å². The highest BCUT2D eigenvalue weighted by Gasteiger charge is 2.47. The van der Waals surface area contributed by atoms with Crippen LogP contribution in [0.1, 0.15) is 130 Å². The maximum Gasteiger partial charge on any atom is 0.407 e. The Morgan fingerprint density at radius 3 is 2.06 bits per heavy atom. The standard InChI is InChI=1S/C52H64F2N10O5/c1-55-29-46(65)64-41-9-6-8-31(41)26-45(64)50-57-38-14-12-33(25-40(38)59-50)43-16-15-42(63(43)34-27-35(53)48(36(54)28-34)61-19-4-3-5-20-61)32-11-13-37-39(24-32)58-49(56-37)44-10-7-21-62(44)51(66)47(60-52(67)68-2)30-17-22-69-23-18-30/h11-14,24-25,27-28,30-31,41-45,47,55H,3-10,15-23,26,29H2,1-2H3,(H,56,58)(H,57,59)(H,60,67)/t31-,41-,42+,43+,44-,45-,47?/m0/s1. The first-order chi connectivity index (χ1) is 33.7. The average molecular weight is 947 g/mol. The van der Waals surface area contributed by atoms with Gasteiger partial charge in [-0.2, -0.15) is 0 Å². The number of nitrogens with one attached hydrogen (secondary N) is 4. The lowest BCUT2D eigenvalue weighted by Crippen LogP contribution is -2.53. The zero-order valence-electron chi connectivity index (χ0n) is 39.7. The molecule has 3 aromatic carbocycles. The van der Waals surface area contributed by atoms with Crippen molar-refractivity contribution in [3.63, 3.8) is 0 Å². The Balaban J connectivity index is 0.913. The number of nitrogens with zero attached hydrogens (tertiary/aromatic N) is 6. The lowest BCUT2D eigenvalue weighted by Gasteiger charge is -2.35. The number of likely N-dealkylation sites (tertiary alicyclic amines) is 2. The van der Waals surface area contributed by atoms with Crippen LogP contribution in [0.2, 0.25) is 0 Å². The van der Waals surface area contributed by atoms with Gasteiger partial charge >= 0.3 is 6.09 Å². The van der Waals surface area contributed by atoms with Crippen molar-refractivity contribution in [2.24, 2.45) is 11.8 Å². The minimum absolute atomic E-state index is 0.0430. The summed E-state index contributed by atoms with van der Waals surface area (Å²) in [5, 5.41) is 5.89. The minimum Gasteiger partial charge on any atom is -0.453 e. The van der Waals surface area contributed by atoms with Crippen molar-refractivity contribution in [3.8, 4) is 0 Å². The fourth-order valence-corrected chi connectivity index (χ4v) is 13.0. The van der Waals surface area contributed by atoms with Crippen LogP contribution in [0, 0.1) is 23.5 Å². The van der Waals surface area contributed by atoms with Crippen molar-refractivity contribution < 1.29 is 32.6 Å². The van der Waals surface area contributed by atoms with Gasteiger partial charge in [-0.1, -0.05) is 18.6 Å². The molecule has 0 spiro atoms. The van der Waals surface area contributed by atoms with Gasteiger partial charge < -0.3 is 49.7 Å². The summed E-state index contributed by atoms with van der Waals surface area (Å²) in [5.41, 5.74) is 5.75. The molecule has 7 heterocycles. The van der Waals surface area contributed by atoms with Crippen molar-refractivity contribution in [2.45, 2.75) is 120 Å². The number of halogens is 2. The Hall–Kier alpha value is -5.81. The molecule has 6 fully saturated rings. The Morgan fingerprint density at radius 1 is 0.768 bits per heavy atom. The summed E-state index contributed by atoms with van der Waals surface area (Å²) in [6.45, 7) is 3.13. The SMILES string of the molecule is CNCC(=O)N1[C@H](c2nc3ccc([C@H]4CC[C@H](c5ccc6nc([C@@H]7CCCN7C(=O)C(NC(=O)OC)C7CCOCC7)[nH]c6c5)N4c4cc(F)c(N5CCCCC5)c(F)c4)cc3[nH]2)C[C@@H]2CCC[C@@H]21. The summed E-state index contributed by atoms with van der Waals surface area (Å²) in [7, 11) is 3.11. The number of methoxy groups -OCH3 is 1. The second-order valence-electron chi connectivity index (χ2n) is 20.2. The summed E-state index contributed by atoms with van der Waals surface area (Å²) in [6, 6.07) is 14.0. The molecule has 366 valence electrons. The molecular formula is C52H64F2N10O5. The number of piperidine rings is 1. The van der Waals surface area contributed by atoms with E-state index in [4.69, 9.17) is 19.4 Å². The number of ether oxygens (including phenoxy) is 2. The predicted octanol–water partition coefficient (Wildman–Crippen LogP) is 8.27. The highest BCUT2D eigenvalue weighted by atomic mass is 19.1. The molecular weight excluding hydrogens is 883 g/mol. The zero-order valence-corrected chi connectivity index (χ0v) is 39.7. The number of aromatic nitrogens is 4. The number of hydrogen-bond donors (Lipinski definition) is 4. The first-order valence-electron chi connectivity index (χ1n) is 25.4. The fourth-order valence-electron chi connectivity index (χ4n) is 13.0. The molecule has 1 saturated carbocycles. The molecule has 69 heavy (non-hydrogen) atoms. The van der Waals surface area contributed by atoms with Crippen LogP contribution >= 0.6 is 0 Å². The number of amides is 3. The van der Waals surface area contributed by atoms with Gasteiger partial charge in [0.2, 0.25) is 11.8 Å². The number of H-pyrrole nitrogens is 2. The highest BCUT2D eigenvalue weighted by molar-refractivity contribution is 5.87. The number of rotatable bonds is 11. The van der Waals surface area contributed by atoms with E-state index in [0.717, 1.165) is 110 Å². The van der Waals surface area contributed by atoms with Gasteiger partial charge in [0, 0.05) is 44.6 Å². The van der Waals surface area contributed by atoms with Crippen LogP contribution in [0.25, 0.3) is 22.1 Å². The van der Waals surface area contributed by atoms with Crippen LogP contribution in [0.5, 0.6) is 0 Å². The smallest absolute Gasteiger partial charge is 0.407 e. The van der Waals surface area contributed by atoms with Crippen molar-refractivity contribution in [3.05, 3.63) is 82.9 Å². The maximum absolute atomic E-state index is 16.4. The third-order valence-corrected chi connectivity index (χ3v) is 16.3. The van der Waals surface area contributed by atoms with Gasteiger partial charge in [-0.25, -0.2) is 23.5 Å². The topological polar surface area (TPSA) is 164 Å². The van der Waals surface area contributed by atoms with E-state index in [9.17, 15) is 14.4 Å². The van der Waals surface area contributed by atoms with Gasteiger partial charge in [0.15, 0.2) is 11.6 Å². The maximum atomic E-state index is 16.4. The number of imidazole rings is 2. The van der Waals surface area contributed by atoms with Crippen LogP contribution in [-0.2, 0) is 19.1 Å². The molecule has 5 aromatic rings. The molecule has 1 unspecified atom stereocenters. The molecule has 0 bridgehead atoms. The van der Waals surface area contributed by atoms with Crippen LogP contribution in [0.15, 0.2) is 48.5 Å². The Labute approximate surface area is 401 Å². The van der Waals surface area contributed by atoms with E-state index < -0.39 is 23.8 Å². The largest absolute Gasteiger partial charge is 0.453 e. The third-order valence-electron chi connectivity index (χ3n) is 16.3. The normalized spacial score (nSPS) is 25.8. The van der Waals surface area contributed by atoms with Gasteiger partial charge in [0.1, 0.15) is 23.4 Å². The molecule has 7 atom stereocenters. The van der Waals surface area contributed by atoms with E-state index in [0.29, 0.717) is 63.1 Å². The monoisotopic (exact) mass is 947 g/mol. The number of hydrogen-bond acceptors (Lipinski definition) is 10. The van der Waals surface area contributed by atoms with E-state index in [1.807, 2.05) is 21.9 Å². The van der Waals surface area contributed by atoms with E-state index in [-0.39, 0.29) is 60.2 Å². The summed E-state index contributed by atoms with van der Waals surface area (Å²) < 4.78 is 43.4. The quantitative estimate of drug-likeness (QED) is 0.101. The van der Waals surface area contributed by atoms with Crippen LogP contribution in [-0.4, -0.2) is 113 Å². The molecule has 15 nitrogen and oxygen atoms in total. The highest BCUT2D eigenvalue weighted by Crippen LogP contribution is 2.50. The summed E-state index contributed by atoms with van der Waals surface area (Å²) >= 11 is 0. The van der Waals surface area contributed by atoms with E-state index in [2.05, 4.69) is 54.7 Å². The number of likely N-dealkylation sites (N-methyl/N-ethyl adjacent to an activating group) is 1. The number of aromatic amines is 2. The minimum atomic E-state index is -0.741. The number of carbonyl (C=O) groups excluding carboxylic acids is 3. The van der Waals surface area contributed by atoms with Crippen LogP contribution in [0.4, 0.5) is 25.0 Å². The van der Waals surface area contributed by atoms with Gasteiger partial charge in [-0.05, 0) is 143 Å². The number of alkyl carbamates (subject to hydrolysis) is 1. The van der Waals surface area contributed by atoms with Gasteiger partial charge in [-0.3, -0.25) is 9.59 Å². The first-order valence-corrected chi connectivity index (χ1v) is 25.4. The number of anilines is 2. The Kier molecular flexibility index (Phi) is 12.7. The van der Waals surface area contributed by atoms with Gasteiger partial charge in [0.25, 0.3) is 0 Å². The molecule has 5 aliphatic heterocycles. The molecule has 4 N–H and O–H groups in total. The molecule has 2 aromatic heterocycles. The van der Waals surface area contributed by atoms with E-state index >= 15 is 8.78 Å². The number of fused-ring (bicyclic) bond motifs is 3. The molecule has 6 aliphatic rings. The van der Waals surface area contributed by atoms with Crippen LogP contribution < -0.4 is 20.4 Å². The lowest BCUT2D eigenvalue weighted by atomic mass is 9.90. The second-order valence-corrected chi connectivity index (χ2v) is 20.2. The molecule has 5 saturated heterocycles. The number of carbonyl (C=O) groups is 3. The molecule has 17 heteroatoms. The molecule has 0 radical (unpaired) electrons. The second kappa shape index (κ2) is 19.2. The van der Waals surface area contributed by atoms with Gasteiger partial charge in [0.05, 0.1) is 59.9 Å². The number of benzene rings is 3. The summed E-state index contributed by atoms with van der Waals surface area (Å²) in [4.78, 5) is 65.5. The third kappa shape index (κ3) is 8.56. The van der Waals surface area contributed by atoms with Crippen molar-refractivity contribution in [2.75, 3.05) is 63.4 Å². The summed E-state index contributed by atoms with van der Waals surface area (Å²) in [6.07, 6.45) is 10.7. The first kappa shape index (κ1) is 45.6. The Morgan fingerprint density at radius 2 is 1.42 bits per heavy atom. The predicted molar refractivity (Wildman–Crippen MR) is 258 cm³/mol. The van der Waals surface area contributed by atoms with Gasteiger partial charge in [-0.15, -0.1) is 0 Å². The van der Waals surface area contributed by atoms with E-state index in [1.165, 1.54) is 19.2 Å². The molecule has 3 amide bonds. The summed E-state index contributed by atoms with van der Waals surface area (Å²) in [5.74, 6) is 0.695. The van der Waals surface area contributed by atoms with E-state index in [1.54, 1.807) is 7.05 Å². The molecule has 11 rings (SSSR count). The van der Waals surface area contributed by atoms with Crippen molar-refractivity contribution in [1.82, 2.24) is 40.4 Å². The Bertz CT molecular complexity index is 2690.